The van der Waals surface area contributed by atoms with Crippen LogP contribution in [0.2, 0.25) is 0 Å². The minimum absolute atomic E-state index is 0.0100. The Balaban J connectivity index is 1.74. The molecule has 1 aliphatic carbocycles. The van der Waals surface area contributed by atoms with Gasteiger partial charge in [-0.05, 0) is 24.5 Å². The molecule has 0 spiro atoms. The number of rotatable bonds is 3. The first-order chi connectivity index (χ1) is 10.1. The van der Waals surface area contributed by atoms with E-state index in [0.29, 0.717) is 13.0 Å². The number of carbonyl (C=O) groups excluding carboxylic acids is 1. The molecular formula is C17H24N2O2. The molecule has 0 saturated heterocycles. The number of anilines is 1. The van der Waals surface area contributed by atoms with Gasteiger partial charge in [0.25, 0.3) is 0 Å². The third-order valence-electron chi connectivity index (χ3n) is 4.89. The fraction of sp³-hybridized carbons (Fsp3) is 0.588. The average Bonchev–Trinajstić information content (AvgIpc) is 2.50. The van der Waals surface area contributed by atoms with Crippen molar-refractivity contribution in [3.63, 3.8) is 0 Å². The molecule has 0 bridgehead atoms. The number of hydrogen-bond donors (Lipinski definition) is 2. The van der Waals surface area contributed by atoms with Gasteiger partial charge in [-0.15, -0.1) is 0 Å². The first kappa shape index (κ1) is 14.5. The summed E-state index contributed by atoms with van der Waals surface area (Å²) in [7, 11) is 1.83. The Morgan fingerprint density at radius 2 is 2.00 bits per heavy atom. The first-order valence-corrected chi connectivity index (χ1v) is 7.90. The molecule has 21 heavy (non-hydrogen) atoms. The lowest BCUT2D eigenvalue weighted by Crippen LogP contribution is -2.45. The van der Waals surface area contributed by atoms with Crippen molar-refractivity contribution in [3.8, 4) is 0 Å². The third-order valence-corrected chi connectivity index (χ3v) is 4.89. The molecule has 1 aliphatic heterocycles. The Kier molecular flexibility index (Phi) is 4.00. The van der Waals surface area contributed by atoms with Crippen LogP contribution in [0.1, 0.15) is 50.1 Å². The minimum Gasteiger partial charge on any atom is -0.389 e. The van der Waals surface area contributed by atoms with Crippen LogP contribution in [0.4, 0.5) is 5.69 Å². The van der Waals surface area contributed by atoms with Gasteiger partial charge in [-0.3, -0.25) is 4.79 Å². The number of nitrogens with zero attached hydrogens (tertiary/aromatic N) is 1. The number of fused-ring (bicyclic) bond motifs is 1. The van der Waals surface area contributed by atoms with Crippen molar-refractivity contribution in [1.29, 1.82) is 0 Å². The van der Waals surface area contributed by atoms with E-state index >= 15 is 0 Å². The highest BCUT2D eigenvalue weighted by Crippen LogP contribution is 2.34. The predicted octanol–water partition coefficient (Wildman–Crippen LogP) is 2.38. The summed E-state index contributed by atoms with van der Waals surface area (Å²) in [5.41, 5.74) is 1.53. The number of aliphatic hydroxyl groups is 1. The van der Waals surface area contributed by atoms with Crippen LogP contribution < -0.4 is 10.2 Å². The second-order valence-electron chi connectivity index (χ2n) is 6.43. The molecule has 0 radical (unpaired) electrons. The van der Waals surface area contributed by atoms with Crippen LogP contribution in [-0.4, -0.2) is 30.2 Å². The molecule has 2 aliphatic rings. The predicted molar refractivity (Wildman–Crippen MR) is 83.2 cm³/mol. The second-order valence-corrected chi connectivity index (χ2v) is 6.43. The van der Waals surface area contributed by atoms with E-state index in [1.807, 2.05) is 25.2 Å². The highest BCUT2D eigenvalue weighted by atomic mass is 16.3. The Morgan fingerprint density at radius 3 is 2.76 bits per heavy atom. The number of amides is 1. The van der Waals surface area contributed by atoms with E-state index in [1.54, 1.807) is 4.90 Å². The number of hydrogen-bond acceptors (Lipinski definition) is 3. The van der Waals surface area contributed by atoms with Gasteiger partial charge in [0.2, 0.25) is 5.91 Å². The van der Waals surface area contributed by atoms with E-state index in [0.717, 1.165) is 36.9 Å². The summed E-state index contributed by atoms with van der Waals surface area (Å²) >= 11 is 0. The Labute approximate surface area is 126 Å². The van der Waals surface area contributed by atoms with E-state index in [4.69, 9.17) is 0 Å². The minimum atomic E-state index is -0.598. The fourth-order valence-corrected chi connectivity index (χ4v) is 3.53. The van der Waals surface area contributed by atoms with Gasteiger partial charge in [-0.2, -0.15) is 0 Å². The zero-order valence-corrected chi connectivity index (χ0v) is 12.6. The Bertz CT molecular complexity index is 523. The van der Waals surface area contributed by atoms with E-state index in [2.05, 4.69) is 11.4 Å². The van der Waals surface area contributed by atoms with Crippen LogP contribution in [0.15, 0.2) is 24.3 Å². The van der Waals surface area contributed by atoms with Crippen LogP contribution in [0, 0.1) is 0 Å². The van der Waals surface area contributed by atoms with Gasteiger partial charge in [0.05, 0.1) is 5.60 Å². The highest BCUT2D eigenvalue weighted by molar-refractivity contribution is 5.96. The molecule has 2 N–H and O–H groups in total. The lowest BCUT2D eigenvalue weighted by Gasteiger charge is -2.36. The van der Waals surface area contributed by atoms with E-state index in [9.17, 15) is 9.90 Å². The smallest absolute Gasteiger partial charge is 0.228 e. The number of nitrogens with one attached hydrogen (secondary N) is 1. The summed E-state index contributed by atoms with van der Waals surface area (Å²) in [6, 6.07) is 8.03. The zero-order chi connectivity index (χ0) is 14.9. The molecule has 1 saturated carbocycles. The largest absolute Gasteiger partial charge is 0.389 e. The monoisotopic (exact) mass is 288 g/mol. The number of benzene rings is 1. The lowest BCUT2D eigenvalue weighted by atomic mass is 9.84. The number of para-hydroxylation sites is 1. The molecule has 1 atom stereocenters. The molecule has 4 heteroatoms. The van der Waals surface area contributed by atoms with Gasteiger partial charge in [-0.25, -0.2) is 0 Å². The van der Waals surface area contributed by atoms with Crippen molar-refractivity contribution in [1.82, 2.24) is 5.32 Å². The van der Waals surface area contributed by atoms with Gasteiger partial charge < -0.3 is 15.3 Å². The molecule has 1 aromatic rings. The molecule has 0 aromatic heterocycles. The van der Waals surface area contributed by atoms with Crippen molar-refractivity contribution >= 4 is 11.6 Å². The van der Waals surface area contributed by atoms with Crippen molar-refractivity contribution < 1.29 is 9.90 Å². The molecule has 1 aromatic carbocycles. The summed E-state index contributed by atoms with van der Waals surface area (Å²) in [4.78, 5) is 13.8. The summed E-state index contributed by atoms with van der Waals surface area (Å²) in [5.74, 6) is 0.127. The van der Waals surface area contributed by atoms with Gasteiger partial charge in [-0.1, -0.05) is 37.5 Å². The van der Waals surface area contributed by atoms with Crippen LogP contribution in [0.25, 0.3) is 0 Å². The molecule has 1 fully saturated rings. The van der Waals surface area contributed by atoms with Gasteiger partial charge in [0.1, 0.15) is 0 Å². The quantitative estimate of drug-likeness (QED) is 0.898. The molecule has 4 nitrogen and oxygen atoms in total. The van der Waals surface area contributed by atoms with Gasteiger partial charge >= 0.3 is 0 Å². The normalized spacial score (nSPS) is 24.8. The maximum atomic E-state index is 12.1. The SMILES string of the molecule is CN1C(=O)CC(NCC2(O)CCCCC2)c2ccccc21. The topological polar surface area (TPSA) is 52.6 Å². The van der Waals surface area contributed by atoms with Crippen LogP contribution in [-0.2, 0) is 4.79 Å². The van der Waals surface area contributed by atoms with E-state index in [1.165, 1.54) is 6.42 Å². The third kappa shape index (κ3) is 2.97. The molecule has 114 valence electrons. The Morgan fingerprint density at radius 1 is 1.29 bits per heavy atom. The van der Waals surface area contributed by atoms with Crippen molar-refractivity contribution in [3.05, 3.63) is 29.8 Å². The standard InChI is InChI=1S/C17H24N2O2/c1-19-15-8-4-3-7-13(15)14(11-16(19)20)18-12-17(21)9-5-2-6-10-17/h3-4,7-8,14,18,21H,2,5-6,9-12H2,1H3. The highest BCUT2D eigenvalue weighted by Gasteiger charge is 2.33. The maximum Gasteiger partial charge on any atom is 0.228 e. The zero-order valence-electron chi connectivity index (χ0n) is 12.6. The lowest BCUT2D eigenvalue weighted by molar-refractivity contribution is -0.119. The molecule has 3 rings (SSSR count). The van der Waals surface area contributed by atoms with Crippen LogP contribution in [0.3, 0.4) is 0 Å². The summed E-state index contributed by atoms with van der Waals surface area (Å²) < 4.78 is 0. The van der Waals surface area contributed by atoms with Crippen molar-refractivity contribution in [2.24, 2.45) is 0 Å². The maximum absolute atomic E-state index is 12.1. The van der Waals surface area contributed by atoms with E-state index in [-0.39, 0.29) is 11.9 Å². The fourth-order valence-electron chi connectivity index (χ4n) is 3.53. The Hall–Kier alpha value is -1.39. The average molecular weight is 288 g/mol. The summed E-state index contributed by atoms with van der Waals surface area (Å²) in [5, 5.41) is 14.1. The van der Waals surface area contributed by atoms with Crippen molar-refractivity contribution in [2.45, 2.75) is 50.2 Å². The number of carbonyl (C=O) groups is 1. The molecule has 1 heterocycles. The second kappa shape index (κ2) is 5.78. The first-order valence-electron chi connectivity index (χ1n) is 7.90. The summed E-state index contributed by atoms with van der Waals surface area (Å²) in [6.45, 7) is 0.572. The van der Waals surface area contributed by atoms with Crippen molar-refractivity contribution in [2.75, 3.05) is 18.5 Å². The molecular weight excluding hydrogens is 264 g/mol. The summed E-state index contributed by atoms with van der Waals surface area (Å²) in [6.07, 6.45) is 5.61. The van der Waals surface area contributed by atoms with Crippen LogP contribution in [0.5, 0.6) is 0 Å². The van der Waals surface area contributed by atoms with Gasteiger partial charge in [0, 0.05) is 31.7 Å². The molecule has 1 unspecified atom stereocenters. The van der Waals surface area contributed by atoms with Gasteiger partial charge in [0.15, 0.2) is 0 Å². The van der Waals surface area contributed by atoms with Crippen LogP contribution >= 0.6 is 0 Å². The van der Waals surface area contributed by atoms with E-state index < -0.39 is 5.60 Å². The molecule has 1 amide bonds.